The molecule has 18 heavy (non-hydrogen) atoms. The van der Waals surface area contributed by atoms with E-state index >= 15 is 0 Å². The van der Waals surface area contributed by atoms with E-state index in [1.165, 1.54) is 0 Å². The Kier molecular flexibility index (Phi) is 3.24. The van der Waals surface area contributed by atoms with E-state index in [0.717, 1.165) is 17.9 Å². The number of hydrogen-bond donors (Lipinski definition) is 1. The first kappa shape index (κ1) is 12.8. The lowest BCUT2D eigenvalue weighted by Gasteiger charge is -2.40. The first-order valence-electron chi connectivity index (χ1n) is 6.20. The van der Waals surface area contributed by atoms with Crippen molar-refractivity contribution < 1.29 is 9.47 Å². The van der Waals surface area contributed by atoms with Crippen molar-refractivity contribution in [3.63, 3.8) is 0 Å². The topological polar surface area (TPSA) is 30.5 Å². The molecule has 1 aliphatic heterocycles. The van der Waals surface area contributed by atoms with E-state index in [1.807, 2.05) is 24.3 Å². The molecule has 1 atom stereocenters. The summed E-state index contributed by atoms with van der Waals surface area (Å²) in [7, 11) is 1.67. The van der Waals surface area contributed by atoms with Crippen LogP contribution in [0.25, 0.3) is 0 Å². The van der Waals surface area contributed by atoms with Crippen molar-refractivity contribution >= 4 is 5.69 Å². The molecule has 3 nitrogen and oxygen atoms in total. The minimum Gasteiger partial charge on any atom is -0.497 e. The summed E-state index contributed by atoms with van der Waals surface area (Å²) in [6, 6.07) is 7.88. The van der Waals surface area contributed by atoms with Crippen LogP contribution in [0, 0.1) is 5.41 Å². The molecule has 3 heteroatoms. The maximum absolute atomic E-state index is 5.74. The van der Waals surface area contributed by atoms with Gasteiger partial charge in [-0.1, -0.05) is 13.8 Å². The van der Waals surface area contributed by atoms with Crippen LogP contribution in [0.3, 0.4) is 0 Å². The molecule has 2 rings (SSSR count). The van der Waals surface area contributed by atoms with Gasteiger partial charge in [0, 0.05) is 12.1 Å². The average Bonchev–Trinajstić information content (AvgIpc) is 2.27. The minimum atomic E-state index is -0.368. The predicted octanol–water partition coefficient (Wildman–Crippen LogP) is 3.78. The molecule has 0 bridgehead atoms. The van der Waals surface area contributed by atoms with Crippen molar-refractivity contribution in [2.75, 3.05) is 12.4 Å². The zero-order valence-electron chi connectivity index (χ0n) is 11.5. The first-order valence-corrected chi connectivity index (χ1v) is 6.20. The van der Waals surface area contributed by atoms with Gasteiger partial charge in [-0.05, 0) is 42.7 Å². The average molecular weight is 247 g/mol. The van der Waals surface area contributed by atoms with Gasteiger partial charge in [0.1, 0.15) is 5.75 Å². The van der Waals surface area contributed by atoms with Gasteiger partial charge in [0.05, 0.1) is 13.4 Å². The number of allylic oxidation sites excluding steroid dienone is 1. The van der Waals surface area contributed by atoms with Crippen LogP contribution in [-0.2, 0) is 4.74 Å². The van der Waals surface area contributed by atoms with Crippen LogP contribution >= 0.6 is 0 Å². The van der Waals surface area contributed by atoms with Gasteiger partial charge in [-0.3, -0.25) is 0 Å². The Morgan fingerprint density at radius 1 is 1.17 bits per heavy atom. The van der Waals surface area contributed by atoms with E-state index in [2.05, 4.69) is 32.2 Å². The summed E-state index contributed by atoms with van der Waals surface area (Å²) >= 11 is 0. The second kappa shape index (κ2) is 4.56. The molecule has 0 saturated heterocycles. The highest BCUT2D eigenvalue weighted by Crippen LogP contribution is 2.36. The van der Waals surface area contributed by atoms with Crippen molar-refractivity contribution in [3.05, 3.63) is 36.6 Å². The molecule has 1 aliphatic rings. The highest BCUT2D eigenvalue weighted by molar-refractivity contribution is 5.48. The molecule has 1 aromatic rings. The van der Waals surface area contributed by atoms with Crippen LogP contribution in [0.15, 0.2) is 36.6 Å². The molecule has 98 valence electrons. The summed E-state index contributed by atoms with van der Waals surface area (Å²) < 4.78 is 10.9. The normalized spacial score (nSPS) is 25.3. The fourth-order valence-corrected chi connectivity index (χ4v) is 2.39. The Labute approximate surface area is 109 Å². The third-order valence-electron chi connectivity index (χ3n) is 3.14. The van der Waals surface area contributed by atoms with Gasteiger partial charge in [-0.15, -0.1) is 0 Å². The summed E-state index contributed by atoms with van der Waals surface area (Å²) in [6.45, 7) is 6.49. The zero-order valence-corrected chi connectivity index (χ0v) is 11.5. The van der Waals surface area contributed by atoms with Crippen LogP contribution in [-0.4, -0.2) is 12.8 Å². The third kappa shape index (κ3) is 2.97. The first-order chi connectivity index (χ1) is 8.42. The fourth-order valence-electron chi connectivity index (χ4n) is 2.39. The molecule has 1 N–H and O–H groups in total. The van der Waals surface area contributed by atoms with Crippen LogP contribution in [0.5, 0.6) is 5.75 Å². The van der Waals surface area contributed by atoms with Crippen molar-refractivity contribution in [2.45, 2.75) is 32.9 Å². The largest absolute Gasteiger partial charge is 0.497 e. The monoisotopic (exact) mass is 247 g/mol. The molecule has 0 saturated carbocycles. The Balaban J connectivity index is 2.10. The minimum absolute atomic E-state index is 0.145. The molecule has 0 spiro atoms. The second-order valence-corrected chi connectivity index (χ2v) is 5.67. The van der Waals surface area contributed by atoms with E-state index in [0.29, 0.717) is 0 Å². The maximum atomic E-state index is 5.74. The standard InChI is InChI=1S/C15H21NO2/c1-14(2)9-10-18-15(3,11-14)16-12-5-7-13(17-4)8-6-12/h5-10,16H,11H2,1-4H3. The van der Waals surface area contributed by atoms with E-state index in [4.69, 9.17) is 9.47 Å². The highest BCUT2D eigenvalue weighted by Gasteiger charge is 2.35. The lowest BCUT2D eigenvalue weighted by atomic mass is 9.83. The van der Waals surface area contributed by atoms with Gasteiger partial charge < -0.3 is 14.8 Å². The Morgan fingerprint density at radius 3 is 2.39 bits per heavy atom. The molecule has 1 heterocycles. The molecular weight excluding hydrogens is 226 g/mol. The van der Waals surface area contributed by atoms with Gasteiger partial charge >= 0.3 is 0 Å². The van der Waals surface area contributed by atoms with E-state index in [1.54, 1.807) is 13.4 Å². The molecule has 0 radical (unpaired) electrons. The number of nitrogens with one attached hydrogen (secondary N) is 1. The van der Waals surface area contributed by atoms with Crippen LogP contribution in [0.2, 0.25) is 0 Å². The molecule has 0 fully saturated rings. The number of hydrogen-bond acceptors (Lipinski definition) is 3. The number of methoxy groups -OCH3 is 1. The summed E-state index contributed by atoms with van der Waals surface area (Å²) in [4.78, 5) is 0. The molecular formula is C15H21NO2. The Morgan fingerprint density at radius 2 is 1.83 bits per heavy atom. The quantitative estimate of drug-likeness (QED) is 0.881. The Hall–Kier alpha value is -1.64. The zero-order chi connectivity index (χ0) is 13.2. The van der Waals surface area contributed by atoms with Gasteiger partial charge in [0.2, 0.25) is 0 Å². The van der Waals surface area contributed by atoms with Crippen molar-refractivity contribution in [3.8, 4) is 5.75 Å². The molecule has 0 aromatic heterocycles. The van der Waals surface area contributed by atoms with Gasteiger partial charge in [-0.2, -0.15) is 0 Å². The van der Waals surface area contributed by atoms with Crippen LogP contribution in [0.4, 0.5) is 5.69 Å². The van der Waals surface area contributed by atoms with Gasteiger partial charge in [0.25, 0.3) is 0 Å². The second-order valence-electron chi connectivity index (χ2n) is 5.67. The van der Waals surface area contributed by atoms with Crippen molar-refractivity contribution in [2.24, 2.45) is 5.41 Å². The van der Waals surface area contributed by atoms with Crippen molar-refractivity contribution in [1.82, 2.24) is 0 Å². The lowest BCUT2D eigenvalue weighted by Crippen LogP contribution is -2.42. The van der Waals surface area contributed by atoms with E-state index in [-0.39, 0.29) is 11.1 Å². The summed E-state index contributed by atoms with van der Waals surface area (Å²) in [6.07, 6.45) is 4.81. The summed E-state index contributed by atoms with van der Waals surface area (Å²) in [5.74, 6) is 0.857. The molecule has 0 aliphatic carbocycles. The summed E-state index contributed by atoms with van der Waals surface area (Å²) in [5, 5.41) is 3.44. The lowest BCUT2D eigenvalue weighted by molar-refractivity contribution is 0.0151. The number of rotatable bonds is 3. The molecule has 1 aromatic carbocycles. The number of benzene rings is 1. The predicted molar refractivity (Wildman–Crippen MR) is 73.6 cm³/mol. The number of anilines is 1. The maximum Gasteiger partial charge on any atom is 0.177 e. The molecule has 0 amide bonds. The SMILES string of the molecule is COc1ccc(NC2(C)CC(C)(C)C=CO2)cc1. The molecule has 1 unspecified atom stereocenters. The van der Waals surface area contributed by atoms with Crippen LogP contribution in [0.1, 0.15) is 27.2 Å². The highest BCUT2D eigenvalue weighted by atomic mass is 16.5. The Bertz CT molecular complexity index is 436. The van der Waals surface area contributed by atoms with E-state index < -0.39 is 0 Å². The number of ether oxygens (including phenoxy) is 2. The van der Waals surface area contributed by atoms with Gasteiger partial charge in [-0.25, -0.2) is 0 Å². The fraction of sp³-hybridized carbons (Fsp3) is 0.467. The smallest absolute Gasteiger partial charge is 0.177 e. The van der Waals surface area contributed by atoms with E-state index in [9.17, 15) is 0 Å². The van der Waals surface area contributed by atoms with Crippen LogP contribution < -0.4 is 10.1 Å². The third-order valence-corrected chi connectivity index (χ3v) is 3.14. The van der Waals surface area contributed by atoms with Gasteiger partial charge in [0.15, 0.2) is 5.72 Å². The summed E-state index contributed by atoms with van der Waals surface area (Å²) in [5.41, 5.74) is 0.809. The van der Waals surface area contributed by atoms with Crippen molar-refractivity contribution in [1.29, 1.82) is 0 Å².